The molecular formula is C21H24N6O2. The van der Waals surface area contributed by atoms with Gasteiger partial charge in [0.1, 0.15) is 17.9 Å². The van der Waals surface area contributed by atoms with Crippen LogP contribution < -0.4 is 15.0 Å². The predicted molar refractivity (Wildman–Crippen MR) is 111 cm³/mol. The van der Waals surface area contributed by atoms with Gasteiger partial charge in [-0.3, -0.25) is 4.79 Å². The molecule has 1 saturated heterocycles. The second-order valence-electron chi connectivity index (χ2n) is 7.37. The Bertz CT molecular complexity index is 1060. The van der Waals surface area contributed by atoms with Crippen molar-refractivity contribution in [2.24, 2.45) is 5.92 Å². The highest BCUT2D eigenvalue weighted by Gasteiger charge is 2.34. The molecule has 0 atom stereocenters. The zero-order valence-electron chi connectivity index (χ0n) is 17.0. The van der Waals surface area contributed by atoms with E-state index in [0.29, 0.717) is 24.5 Å². The van der Waals surface area contributed by atoms with Gasteiger partial charge in [-0.15, -0.1) is 0 Å². The Balaban J connectivity index is 1.42. The summed E-state index contributed by atoms with van der Waals surface area (Å²) in [5.74, 6) is 2.05. The lowest BCUT2D eigenvalue weighted by Crippen LogP contribution is -2.52. The topological polar surface area (TPSA) is 85.2 Å². The van der Waals surface area contributed by atoms with Crippen LogP contribution in [0.25, 0.3) is 5.82 Å². The number of methoxy groups -OCH3 is 1. The second-order valence-corrected chi connectivity index (χ2v) is 7.37. The summed E-state index contributed by atoms with van der Waals surface area (Å²) in [4.78, 5) is 23.4. The van der Waals surface area contributed by atoms with E-state index in [2.05, 4.69) is 25.3 Å². The normalized spacial score (nSPS) is 13.9. The number of hydrogen-bond donors (Lipinski definition) is 1. The van der Waals surface area contributed by atoms with Gasteiger partial charge in [-0.2, -0.15) is 5.10 Å². The van der Waals surface area contributed by atoms with Crippen molar-refractivity contribution in [3.8, 4) is 11.6 Å². The van der Waals surface area contributed by atoms with E-state index < -0.39 is 0 Å². The number of rotatable bonds is 5. The number of benzene rings is 1. The predicted octanol–water partition coefficient (Wildman–Crippen LogP) is 2.67. The molecule has 150 valence electrons. The number of nitrogens with one attached hydrogen (secondary N) is 1. The third-order valence-corrected chi connectivity index (χ3v) is 5.05. The summed E-state index contributed by atoms with van der Waals surface area (Å²) in [6.45, 7) is 7.13. The second kappa shape index (κ2) is 7.54. The molecule has 3 heterocycles. The van der Waals surface area contributed by atoms with Gasteiger partial charge in [-0.1, -0.05) is 6.07 Å². The number of hydrogen-bond acceptors (Lipinski definition) is 6. The van der Waals surface area contributed by atoms with E-state index in [4.69, 9.17) is 4.74 Å². The van der Waals surface area contributed by atoms with Gasteiger partial charge in [-0.25, -0.2) is 14.6 Å². The van der Waals surface area contributed by atoms with Gasteiger partial charge in [0.25, 0.3) is 0 Å². The number of nitrogens with zero attached hydrogens (tertiary/aromatic N) is 5. The largest absolute Gasteiger partial charge is 0.495 e. The van der Waals surface area contributed by atoms with Crippen molar-refractivity contribution in [3.05, 3.63) is 53.6 Å². The number of anilines is 2. The molecule has 4 rings (SSSR count). The first-order valence-electron chi connectivity index (χ1n) is 9.50. The average Bonchev–Trinajstić information content (AvgIpc) is 2.99. The maximum absolute atomic E-state index is 12.6. The summed E-state index contributed by atoms with van der Waals surface area (Å²) in [7, 11) is 1.60. The Labute approximate surface area is 169 Å². The van der Waals surface area contributed by atoms with Crippen LogP contribution in [0.2, 0.25) is 0 Å². The Morgan fingerprint density at radius 1 is 1.10 bits per heavy atom. The lowest BCUT2D eigenvalue weighted by atomic mass is 9.99. The van der Waals surface area contributed by atoms with Crippen molar-refractivity contribution in [1.82, 2.24) is 19.7 Å². The van der Waals surface area contributed by atoms with Crippen LogP contribution in [0.5, 0.6) is 5.75 Å². The molecule has 0 saturated carbocycles. The molecule has 1 N–H and O–H groups in total. The summed E-state index contributed by atoms with van der Waals surface area (Å²) in [5.41, 5.74) is 3.72. The maximum Gasteiger partial charge on any atom is 0.231 e. The number of amides is 1. The highest BCUT2D eigenvalue weighted by atomic mass is 16.5. The molecule has 0 aliphatic carbocycles. The van der Waals surface area contributed by atoms with Gasteiger partial charge >= 0.3 is 0 Å². The monoisotopic (exact) mass is 392 g/mol. The molecule has 1 aromatic carbocycles. The van der Waals surface area contributed by atoms with Gasteiger partial charge in [-0.05, 0) is 44.5 Å². The van der Waals surface area contributed by atoms with Crippen LogP contribution in [0.15, 0.2) is 36.7 Å². The van der Waals surface area contributed by atoms with Crippen LogP contribution in [0.3, 0.4) is 0 Å². The lowest BCUT2D eigenvalue weighted by molar-refractivity contribution is -0.120. The Morgan fingerprint density at radius 2 is 1.86 bits per heavy atom. The Hall–Kier alpha value is -3.42. The van der Waals surface area contributed by atoms with Gasteiger partial charge in [0.2, 0.25) is 5.91 Å². The maximum atomic E-state index is 12.6. The highest BCUT2D eigenvalue weighted by Crippen LogP contribution is 2.28. The van der Waals surface area contributed by atoms with E-state index in [1.165, 1.54) is 6.33 Å². The minimum Gasteiger partial charge on any atom is -0.495 e. The van der Waals surface area contributed by atoms with E-state index in [-0.39, 0.29) is 11.8 Å². The molecule has 1 fully saturated rings. The van der Waals surface area contributed by atoms with Crippen LogP contribution in [0.4, 0.5) is 11.5 Å². The fourth-order valence-corrected chi connectivity index (χ4v) is 3.47. The van der Waals surface area contributed by atoms with Crippen molar-refractivity contribution >= 4 is 17.4 Å². The quantitative estimate of drug-likeness (QED) is 0.719. The first-order valence-corrected chi connectivity index (χ1v) is 9.50. The number of carbonyl (C=O) groups is 1. The molecular weight excluding hydrogens is 368 g/mol. The SMILES string of the molecule is COc1ccc(C)cc1NC(=O)C1CN(c2cc(-n3nc(C)cc3C)ncn2)C1. The van der Waals surface area contributed by atoms with Crippen LogP contribution in [0.1, 0.15) is 17.0 Å². The van der Waals surface area contributed by atoms with Crippen molar-refractivity contribution in [2.75, 3.05) is 30.4 Å². The number of ether oxygens (including phenoxy) is 1. The molecule has 0 spiro atoms. The molecule has 3 aromatic rings. The molecule has 0 unspecified atom stereocenters. The van der Waals surface area contributed by atoms with E-state index in [1.807, 2.05) is 51.1 Å². The zero-order chi connectivity index (χ0) is 20.5. The third kappa shape index (κ3) is 3.78. The highest BCUT2D eigenvalue weighted by molar-refractivity contribution is 5.95. The van der Waals surface area contributed by atoms with Crippen molar-refractivity contribution in [2.45, 2.75) is 20.8 Å². The number of aryl methyl sites for hydroxylation is 3. The summed E-state index contributed by atoms with van der Waals surface area (Å²) < 4.78 is 7.14. The fraction of sp³-hybridized carbons (Fsp3) is 0.333. The van der Waals surface area contributed by atoms with E-state index in [0.717, 1.165) is 28.6 Å². The first kappa shape index (κ1) is 18.9. The Kier molecular flexibility index (Phi) is 4.92. The van der Waals surface area contributed by atoms with E-state index >= 15 is 0 Å². The Morgan fingerprint density at radius 3 is 2.55 bits per heavy atom. The fourth-order valence-electron chi connectivity index (χ4n) is 3.47. The minimum absolute atomic E-state index is 0.0158. The zero-order valence-corrected chi connectivity index (χ0v) is 17.0. The molecule has 1 aliphatic heterocycles. The smallest absolute Gasteiger partial charge is 0.231 e. The molecule has 1 aliphatic rings. The number of carbonyl (C=O) groups excluding carboxylic acids is 1. The molecule has 1 amide bonds. The van der Waals surface area contributed by atoms with Crippen molar-refractivity contribution in [1.29, 1.82) is 0 Å². The van der Waals surface area contributed by atoms with Crippen LogP contribution >= 0.6 is 0 Å². The van der Waals surface area contributed by atoms with E-state index in [1.54, 1.807) is 11.8 Å². The summed E-state index contributed by atoms with van der Waals surface area (Å²) >= 11 is 0. The van der Waals surface area contributed by atoms with Crippen LogP contribution in [0, 0.1) is 26.7 Å². The molecule has 2 aromatic heterocycles. The summed E-state index contributed by atoms with van der Waals surface area (Å²) in [6.07, 6.45) is 1.53. The van der Waals surface area contributed by atoms with Crippen LogP contribution in [-0.4, -0.2) is 45.9 Å². The standard InChI is InChI=1S/C21H24N6O2/c1-13-5-6-18(29-4)17(7-13)24-21(28)16-10-26(11-16)19-9-20(23-12-22-19)27-15(3)8-14(2)25-27/h5-9,12,16H,10-11H2,1-4H3,(H,24,28). The number of aromatic nitrogens is 4. The van der Waals surface area contributed by atoms with Gasteiger partial charge in [0.15, 0.2) is 5.82 Å². The first-order chi connectivity index (χ1) is 13.9. The summed E-state index contributed by atoms with van der Waals surface area (Å²) in [6, 6.07) is 9.63. The molecule has 8 heteroatoms. The molecule has 0 radical (unpaired) electrons. The van der Waals surface area contributed by atoms with Gasteiger partial charge in [0.05, 0.1) is 24.4 Å². The molecule has 0 bridgehead atoms. The molecule has 29 heavy (non-hydrogen) atoms. The van der Waals surface area contributed by atoms with Crippen molar-refractivity contribution in [3.63, 3.8) is 0 Å². The van der Waals surface area contributed by atoms with E-state index in [9.17, 15) is 4.79 Å². The minimum atomic E-state index is -0.104. The lowest BCUT2D eigenvalue weighted by Gasteiger charge is -2.39. The van der Waals surface area contributed by atoms with Gasteiger partial charge in [0, 0.05) is 24.8 Å². The van der Waals surface area contributed by atoms with Gasteiger partial charge < -0.3 is 15.0 Å². The third-order valence-electron chi connectivity index (χ3n) is 5.05. The van der Waals surface area contributed by atoms with Crippen LogP contribution in [-0.2, 0) is 4.79 Å². The molecule has 8 nitrogen and oxygen atoms in total. The summed E-state index contributed by atoms with van der Waals surface area (Å²) in [5, 5.41) is 7.46. The van der Waals surface area contributed by atoms with Crippen molar-refractivity contribution < 1.29 is 9.53 Å². The average molecular weight is 392 g/mol.